The van der Waals surface area contributed by atoms with E-state index in [0.717, 1.165) is 17.3 Å². The molecule has 2 aromatic carbocycles. The average molecular weight is 429 g/mol. The van der Waals surface area contributed by atoms with Crippen LogP contribution in [0.4, 0.5) is 5.69 Å². The predicted molar refractivity (Wildman–Crippen MR) is 109 cm³/mol. The number of carboxylic acids is 1. The number of carbonyl (C=O) groups excluding carboxylic acids is 1. The fourth-order valence-electron chi connectivity index (χ4n) is 2.56. The van der Waals surface area contributed by atoms with Crippen LogP contribution < -0.4 is 10.4 Å². The number of hydroxylamine groups is 1. The first-order valence-electron chi connectivity index (χ1n) is 8.78. The molecular formula is C19H19N5O5S. The molecule has 1 amide bonds. The van der Waals surface area contributed by atoms with Crippen molar-refractivity contribution < 1.29 is 25.0 Å². The second-order valence-electron chi connectivity index (χ2n) is 6.13. The molecule has 0 saturated carbocycles. The molecule has 0 fully saturated rings. The van der Waals surface area contributed by atoms with Crippen molar-refractivity contribution in [3.8, 4) is 11.4 Å². The number of amides is 1. The van der Waals surface area contributed by atoms with Crippen LogP contribution in [0.2, 0.25) is 0 Å². The summed E-state index contributed by atoms with van der Waals surface area (Å²) in [5, 5.41) is 38.1. The van der Waals surface area contributed by atoms with E-state index in [2.05, 4.69) is 20.5 Å². The van der Waals surface area contributed by atoms with Crippen LogP contribution in [0.5, 0.6) is 0 Å². The number of aliphatic carboxylic acids is 1. The summed E-state index contributed by atoms with van der Waals surface area (Å²) in [6.07, 6.45) is 0. The highest BCUT2D eigenvalue weighted by Gasteiger charge is 2.15. The number of hydrogen-bond acceptors (Lipinski definition) is 8. The van der Waals surface area contributed by atoms with E-state index in [1.165, 1.54) is 12.1 Å². The predicted octanol–water partition coefficient (Wildman–Crippen LogP) is 1.72. The van der Waals surface area contributed by atoms with Crippen LogP contribution >= 0.6 is 11.8 Å². The molecule has 0 aliphatic rings. The summed E-state index contributed by atoms with van der Waals surface area (Å²) in [5.74, 6) is -1.29. The van der Waals surface area contributed by atoms with E-state index >= 15 is 0 Å². The van der Waals surface area contributed by atoms with Crippen molar-refractivity contribution in [3.05, 3.63) is 59.7 Å². The Labute approximate surface area is 175 Å². The lowest BCUT2D eigenvalue weighted by atomic mass is 10.1. The zero-order valence-corrected chi connectivity index (χ0v) is 16.5. The van der Waals surface area contributed by atoms with Gasteiger partial charge in [0, 0.05) is 17.7 Å². The molecule has 0 spiro atoms. The molecule has 0 radical (unpaired) electrons. The van der Waals surface area contributed by atoms with E-state index < -0.39 is 12.7 Å². The first-order valence-corrected chi connectivity index (χ1v) is 9.76. The maximum atomic E-state index is 12.7. The number of aliphatic hydroxyl groups excluding tert-OH is 1. The number of aliphatic hydroxyl groups is 1. The van der Waals surface area contributed by atoms with Crippen molar-refractivity contribution in [2.45, 2.75) is 11.7 Å². The Kier molecular flexibility index (Phi) is 7.01. The summed E-state index contributed by atoms with van der Waals surface area (Å²) in [4.78, 5) is 27.6. The van der Waals surface area contributed by atoms with E-state index in [4.69, 9.17) is 5.11 Å². The molecule has 3 rings (SSSR count). The van der Waals surface area contributed by atoms with Crippen LogP contribution in [0.25, 0.3) is 11.4 Å². The van der Waals surface area contributed by atoms with Gasteiger partial charge in [-0.2, -0.15) is 0 Å². The Balaban J connectivity index is 1.84. The summed E-state index contributed by atoms with van der Waals surface area (Å²) in [7, 11) is 0. The van der Waals surface area contributed by atoms with Crippen LogP contribution in [-0.2, 0) is 11.3 Å². The van der Waals surface area contributed by atoms with E-state index in [0.29, 0.717) is 17.2 Å². The second kappa shape index (κ2) is 9.87. The Morgan fingerprint density at radius 2 is 1.93 bits per heavy atom. The van der Waals surface area contributed by atoms with Gasteiger partial charge in [0.2, 0.25) is 5.16 Å². The number of benzene rings is 2. The molecule has 0 atom stereocenters. The number of thioether (sulfide) groups is 1. The first-order chi connectivity index (χ1) is 14.5. The Morgan fingerprint density at radius 3 is 2.63 bits per heavy atom. The highest BCUT2D eigenvalue weighted by molar-refractivity contribution is 7.99. The number of aromatic amines is 1. The molecule has 0 saturated heterocycles. The van der Waals surface area contributed by atoms with Gasteiger partial charge in [-0.1, -0.05) is 42.1 Å². The third kappa shape index (κ3) is 5.56. The molecule has 0 aliphatic carbocycles. The van der Waals surface area contributed by atoms with Crippen LogP contribution in [0.15, 0.2) is 53.7 Å². The molecule has 0 aliphatic heterocycles. The van der Waals surface area contributed by atoms with Gasteiger partial charge >= 0.3 is 5.97 Å². The number of H-pyrrole nitrogens is 1. The zero-order chi connectivity index (χ0) is 21.5. The maximum Gasteiger partial charge on any atom is 0.313 e. The van der Waals surface area contributed by atoms with E-state index in [1.807, 2.05) is 30.3 Å². The monoisotopic (exact) mass is 429 g/mol. The normalized spacial score (nSPS) is 10.6. The van der Waals surface area contributed by atoms with Gasteiger partial charge in [0.1, 0.15) is 6.73 Å². The molecule has 3 aromatic rings. The summed E-state index contributed by atoms with van der Waals surface area (Å²) in [5.41, 5.74) is 1.77. The fourth-order valence-corrected chi connectivity index (χ4v) is 3.07. The largest absolute Gasteiger partial charge is 0.481 e. The van der Waals surface area contributed by atoms with Crippen molar-refractivity contribution in [2.75, 3.05) is 17.5 Å². The van der Waals surface area contributed by atoms with Gasteiger partial charge in [0.25, 0.3) is 5.91 Å². The molecule has 30 heavy (non-hydrogen) atoms. The summed E-state index contributed by atoms with van der Waals surface area (Å²) in [6.45, 7) is -0.356. The SMILES string of the molecule is O=C(O)CSc1n[nH]c(-c2cc(C(=O)NCc3ccccc3)cc(N(O)CO)c2)n1. The average Bonchev–Trinajstić information content (AvgIpc) is 3.25. The van der Waals surface area contributed by atoms with E-state index in [-0.39, 0.29) is 33.9 Å². The van der Waals surface area contributed by atoms with E-state index in [1.54, 1.807) is 6.07 Å². The number of nitrogens with one attached hydrogen (secondary N) is 2. The third-order valence-electron chi connectivity index (χ3n) is 3.97. The Hall–Kier alpha value is -3.41. The maximum absolute atomic E-state index is 12.7. The van der Waals surface area contributed by atoms with Crippen LogP contribution in [0.1, 0.15) is 15.9 Å². The number of nitrogens with zero attached hydrogens (tertiary/aromatic N) is 3. The zero-order valence-electron chi connectivity index (χ0n) is 15.6. The Morgan fingerprint density at radius 1 is 1.17 bits per heavy atom. The molecular weight excluding hydrogens is 410 g/mol. The second-order valence-corrected chi connectivity index (χ2v) is 7.07. The number of rotatable bonds is 9. The van der Waals surface area contributed by atoms with Crippen molar-refractivity contribution in [1.29, 1.82) is 0 Å². The minimum atomic E-state index is -0.996. The molecule has 0 unspecified atom stereocenters. The van der Waals surface area contributed by atoms with Gasteiger partial charge in [-0.3, -0.25) is 19.9 Å². The van der Waals surface area contributed by atoms with Gasteiger partial charge in [0.15, 0.2) is 5.82 Å². The van der Waals surface area contributed by atoms with Crippen LogP contribution in [-0.4, -0.2) is 55.0 Å². The Bertz CT molecular complexity index is 1030. The van der Waals surface area contributed by atoms with E-state index in [9.17, 15) is 19.9 Å². The van der Waals surface area contributed by atoms with Crippen molar-refractivity contribution in [1.82, 2.24) is 20.5 Å². The van der Waals surface area contributed by atoms with Gasteiger partial charge in [-0.05, 0) is 23.8 Å². The van der Waals surface area contributed by atoms with Gasteiger partial charge in [-0.15, -0.1) is 5.10 Å². The van der Waals surface area contributed by atoms with Crippen molar-refractivity contribution in [3.63, 3.8) is 0 Å². The van der Waals surface area contributed by atoms with Crippen molar-refractivity contribution >= 4 is 29.3 Å². The number of aromatic nitrogens is 3. The lowest BCUT2D eigenvalue weighted by molar-refractivity contribution is -0.133. The van der Waals surface area contributed by atoms with Crippen LogP contribution in [0.3, 0.4) is 0 Å². The molecule has 0 bridgehead atoms. The molecule has 1 aromatic heterocycles. The van der Waals surface area contributed by atoms with Gasteiger partial charge in [0.05, 0.1) is 11.4 Å². The first kappa shape index (κ1) is 21.3. The number of hydrogen-bond donors (Lipinski definition) is 5. The number of carboxylic acid groups (broad SMARTS) is 1. The molecule has 11 heteroatoms. The van der Waals surface area contributed by atoms with Gasteiger partial charge < -0.3 is 15.5 Å². The smallest absolute Gasteiger partial charge is 0.313 e. The summed E-state index contributed by atoms with van der Waals surface area (Å²) < 4.78 is 0. The molecule has 1 heterocycles. The summed E-state index contributed by atoms with van der Waals surface area (Å²) >= 11 is 0.943. The lowest BCUT2D eigenvalue weighted by Crippen LogP contribution is -2.24. The quantitative estimate of drug-likeness (QED) is 0.194. The topological polar surface area (TPSA) is 152 Å². The van der Waals surface area contributed by atoms with Gasteiger partial charge in [-0.25, -0.2) is 10.0 Å². The van der Waals surface area contributed by atoms with Crippen molar-refractivity contribution in [2.24, 2.45) is 0 Å². The minimum Gasteiger partial charge on any atom is -0.481 e. The number of anilines is 1. The highest BCUT2D eigenvalue weighted by Crippen LogP contribution is 2.26. The summed E-state index contributed by atoms with van der Waals surface area (Å²) in [6, 6.07) is 13.9. The minimum absolute atomic E-state index is 0.177. The molecule has 156 valence electrons. The fraction of sp³-hybridized carbons (Fsp3) is 0.158. The highest BCUT2D eigenvalue weighted by atomic mass is 32.2. The molecule has 5 N–H and O–H groups in total. The lowest BCUT2D eigenvalue weighted by Gasteiger charge is -2.16. The number of carbonyl (C=O) groups is 2. The standard InChI is InChI=1S/C19H19N5O5S/c25-11-24(29)15-7-13(17-21-19(23-22-17)30-10-16(26)27)6-14(8-15)18(28)20-9-12-4-2-1-3-5-12/h1-8,25,29H,9-11H2,(H,20,28)(H,26,27)(H,21,22,23). The molecule has 10 nitrogen and oxygen atoms in total. The third-order valence-corrected chi connectivity index (χ3v) is 4.80. The van der Waals surface area contributed by atoms with Crippen LogP contribution in [0, 0.1) is 0 Å².